The Balaban J connectivity index is 1.90. The number of rotatable bonds is 5. The third-order valence-electron chi connectivity index (χ3n) is 3.23. The van der Waals surface area contributed by atoms with E-state index in [-0.39, 0.29) is 6.04 Å². The van der Waals surface area contributed by atoms with Crippen molar-refractivity contribution < 1.29 is 0 Å². The number of nitrogens with zero attached hydrogens (tertiary/aromatic N) is 3. The highest BCUT2D eigenvalue weighted by Crippen LogP contribution is 2.12. The predicted molar refractivity (Wildman–Crippen MR) is 77.6 cm³/mol. The number of hydrogen-bond acceptors (Lipinski definition) is 3. The molecule has 0 bridgehead atoms. The molecular formula is C15H22N4. The standard InChI is InChI=1S/C15H22N4/c1-12-4-6-13(7-5-12)9-18(2)11-15(16)14-8-17-19(3)10-14/h4-8,10,15H,9,11,16H2,1-3H3. The lowest BCUT2D eigenvalue weighted by Gasteiger charge is -2.20. The van der Waals surface area contributed by atoms with Gasteiger partial charge in [0.05, 0.1) is 6.20 Å². The van der Waals surface area contributed by atoms with Crippen molar-refractivity contribution in [2.75, 3.05) is 13.6 Å². The third-order valence-corrected chi connectivity index (χ3v) is 3.23. The summed E-state index contributed by atoms with van der Waals surface area (Å²) in [7, 11) is 4.00. The van der Waals surface area contributed by atoms with E-state index in [1.54, 1.807) is 4.68 Å². The van der Waals surface area contributed by atoms with Gasteiger partial charge in [-0.2, -0.15) is 5.10 Å². The first-order chi connectivity index (χ1) is 9.04. The summed E-state index contributed by atoms with van der Waals surface area (Å²) >= 11 is 0. The Hall–Kier alpha value is -1.65. The van der Waals surface area contributed by atoms with Crippen LogP contribution in [0.4, 0.5) is 0 Å². The van der Waals surface area contributed by atoms with Crippen molar-refractivity contribution in [1.29, 1.82) is 0 Å². The second kappa shape index (κ2) is 5.99. The average Bonchev–Trinajstić information content (AvgIpc) is 2.79. The molecule has 0 amide bonds. The minimum atomic E-state index is 0.00384. The summed E-state index contributed by atoms with van der Waals surface area (Å²) in [6.07, 6.45) is 3.81. The van der Waals surface area contributed by atoms with Gasteiger partial charge in [0.25, 0.3) is 0 Å². The van der Waals surface area contributed by atoms with Crippen LogP contribution in [-0.4, -0.2) is 28.3 Å². The van der Waals surface area contributed by atoms with E-state index in [9.17, 15) is 0 Å². The van der Waals surface area contributed by atoms with E-state index in [0.717, 1.165) is 18.7 Å². The highest BCUT2D eigenvalue weighted by atomic mass is 15.2. The molecule has 1 unspecified atom stereocenters. The Bertz CT molecular complexity index is 515. The summed E-state index contributed by atoms with van der Waals surface area (Å²) in [6, 6.07) is 8.63. The monoisotopic (exact) mass is 258 g/mol. The quantitative estimate of drug-likeness (QED) is 0.890. The van der Waals surface area contributed by atoms with Gasteiger partial charge in [0.2, 0.25) is 0 Å². The number of nitrogens with two attached hydrogens (primary N) is 1. The number of benzene rings is 1. The van der Waals surface area contributed by atoms with Crippen LogP contribution < -0.4 is 5.73 Å². The number of likely N-dealkylation sites (N-methyl/N-ethyl adjacent to an activating group) is 1. The van der Waals surface area contributed by atoms with Crippen LogP contribution in [-0.2, 0) is 13.6 Å². The molecule has 19 heavy (non-hydrogen) atoms. The van der Waals surface area contributed by atoms with Gasteiger partial charge in [0.1, 0.15) is 0 Å². The Labute approximate surface area is 114 Å². The number of hydrogen-bond donors (Lipinski definition) is 1. The van der Waals surface area contributed by atoms with Gasteiger partial charge in [-0.1, -0.05) is 29.8 Å². The summed E-state index contributed by atoms with van der Waals surface area (Å²) in [5, 5.41) is 4.16. The van der Waals surface area contributed by atoms with Crippen molar-refractivity contribution in [1.82, 2.24) is 14.7 Å². The number of aromatic nitrogens is 2. The van der Waals surface area contributed by atoms with Gasteiger partial charge in [-0.3, -0.25) is 4.68 Å². The Morgan fingerprint density at radius 1 is 1.32 bits per heavy atom. The average molecular weight is 258 g/mol. The van der Waals surface area contributed by atoms with E-state index < -0.39 is 0 Å². The van der Waals surface area contributed by atoms with Crippen LogP contribution in [0.15, 0.2) is 36.7 Å². The molecule has 102 valence electrons. The molecule has 2 aromatic rings. The second-order valence-corrected chi connectivity index (χ2v) is 5.24. The first-order valence-electron chi connectivity index (χ1n) is 6.53. The zero-order chi connectivity index (χ0) is 13.8. The Kier molecular flexibility index (Phi) is 4.35. The molecule has 0 saturated carbocycles. The lowest BCUT2D eigenvalue weighted by atomic mass is 10.1. The van der Waals surface area contributed by atoms with Crippen molar-refractivity contribution in [3.8, 4) is 0 Å². The highest BCUT2D eigenvalue weighted by Gasteiger charge is 2.11. The summed E-state index contributed by atoms with van der Waals surface area (Å²) in [5.41, 5.74) is 9.88. The highest BCUT2D eigenvalue weighted by molar-refractivity contribution is 5.21. The van der Waals surface area contributed by atoms with E-state index in [1.165, 1.54) is 11.1 Å². The van der Waals surface area contributed by atoms with Crippen LogP contribution in [0.5, 0.6) is 0 Å². The molecule has 1 aromatic carbocycles. The fourth-order valence-electron chi connectivity index (χ4n) is 2.14. The van der Waals surface area contributed by atoms with E-state index in [2.05, 4.69) is 48.2 Å². The van der Waals surface area contributed by atoms with Gasteiger partial charge in [-0.05, 0) is 19.5 Å². The smallest absolute Gasteiger partial charge is 0.0537 e. The van der Waals surface area contributed by atoms with Gasteiger partial charge in [-0.15, -0.1) is 0 Å². The molecule has 0 aliphatic rings. The maximum absolute atomic E-state index is 6.19. The van der Waals surface area contributed by atoms with Crippen LogP contribution in [0.25, 0.3) is 0 Å². The molecule has 2 rings (SSSR count). The number of aryl methyl sites for hydroxylation is 2. The Morgan fingerprint density at radius 2 is 2.00 bits per heavy atom. The molecule has 2 N–H and O–H groups in total. The minimum absolute atomic E-state index is 0.00384. The summed E-state index contributed by atoms with van der Waals surface area (Å²) in [6.45, 7) is 3.83. The molecule has 1 atom stereocenters. The maximum Gasteiger partial charge on any atom is 0.0537 e. The summed E-state index contributed by atoms with van der Waals surface area (Å²) in [5.74, 6) is 0. The van der Waals surface area contributed by atoms with Crippen molar-refractivity contribution in [2.24, 2.45) is 12.8 Å². The normalized spacial score (nSPS) is 12.9. The second-order valence-electron chi connectivity index (χ2n) is 5.24. The van der Waals surface area contributed by atoms with Gasteiger partial charge in [0.15, 0.2) is 0 Å². The molecule has 0 aliphatic carbocycles. The molecular weight excluding hydrogens is 236 g/mol. The lowest BCUT2D eigenvalue weighted by molar-refractivity contribution is 0.305. The van der Waals surface area contributed by atoms with Gasteiger partial charge < -0.3 is 10.6 Å². The molecule has 1 heterocycles. The van der Waals surface area contributed by atoms with E-state index in [0.29, 0.717) is 0 Å². The minimum Gasteiger partial charge on any atom is -0.323 e. The van der Waals surface area contributed by atoms with E-state index in [1.807, 2.05) is 19.4 Å². The molecule has 0 radical (unpaired) electrons. The van der Waals surface area contributed by atoms with Crippen molar-refractivity contribution >= 4 is 0 Å². The molecule has 0 saturated heterocycles. The SMILES string of the molecule is Cc1ccc(CN(C)CC(N)c2cnn(C)c2)cc1. The summed E-state index contributed by atoms with van der Waals surface area (Å²) < 4.78 is 1.79. The van der Waals surface area contributed by atoms with E-state index >= 15 is 0 Å². The van der Waals surface area contributed by atoms with E-state index in [4.69, 9.17) is 5.73 Å². The first-order valence-corrected chi connectivity index (χ1v) is 6.53. The molecule has 0 fully saturated rings. The molecule has 0 spiro atoms. The van der Waals surface area contributed by atoms with Gasteiger partial charge in [0, 0.05) is 37.9 Å². The largest absolute Gasteiger partial charge is 0.323 e. The molecule has 0 aliphatic heterocycles. The molecule has 4 nitrogen and oxygen atoms in total. The zero-order valence-corrected chi connectivity index (χ0v) is 11.9. The van der Waals surface area contributed by atoms with Gasteiger partial charge >= 0.3 is 0 Å². The zero-order valence-electron chi connectivity index (χ0n) is 11.9. The van der Waals surface area contributed by atoms with Crippen LogP contribution in [0.2, 0.25) is 0 Å². The van der Waals surface area contributed by atoms with Crippen LogP contribution in [0, 0.1) is 6.92 Å². The maximum atomic E-state index is 6.19. The predicted octanol–water partition coefficient (Wildman–Crippen LogP) is 1.86. The van der Waals surface area contributed by atoms with Gasteiger partial charge in [-0.25, -0.2) is 0 Å². The van der Waals surface area contributed by atoms with Crippen molar-refractivity contribution in [2.45, 2.75) is 19.5 Å². The fourth-order valence-corrected chi connectivity index (χ4v) is 2.14. The lowest BCUT2D eigenvalue weighted by Crippen LogP contribution is -2.28. The van der Waals surface area contributed by atoms with Crippen LogP contribution in [0.1, 0.15) is 22.7 Å². The van der Waals surface area contributed by atoms with Crippen molar-refractivity contribution in [3.63, 3.8) is 0 Å². The van der Waals surface area contributed by atoms with Crippen LogP contribution >= 0.6 is 0 Å². The third kappa shape index (κ3) is 3.91. The van der Waals surface area contributed by atoms with Crippen molar-refractivity contribution in [3.05, 3.63) is 53.3 Å². The Morgan fingerprint density at radius 3 is 2.58 bits per heavy atom. The fraction of sp³-hybridized carbons (Fsp3) is 0.400. The first kappa shape index (κ1) is 13.8. The topological polar surface area (TPSA) is 47.1 Å². The van der Waals surface area contributed by atoms with Crippen LogP contribution in [0.3, 0.4) is 0 Å². The summed E-state index contributed by atoms with van der Waals surface area (Å²) in [4.78, 5) is 2.24. The molecule has 1 aromatic heterocycles. The molecule has 4 heteroatoms.